The first-order chi connectivity index (χ1) is 12.3. The molecule has 3 aromatic heterocycles. The molecular weight excluding hydrogens is 461 g/mol. The fourth-order valence-corrected chi connectivity index (χ4v) is 3.15. The number of pyridine rings is 1. The molecule has 0 atom stereocenters. The highest BCUT2D eigenvalue weighted by Crippen LogP contribution is 2.07. The highest BCUT2D eigenvalue weighted by Gasteiger charge is 2.04. The van der Waals surface area contributed by atoms with Crippen LogP contribution in [0.2, 0.25) is 0 Å². The van der Waals surface area contributed by atoms with Crippen molar-refractivity contribution in [3.8, 4) is 0 Å². The highest BCUT2D eigenvalue weighted by molar-refractivity contribution is 14.0. The van der Waals surface area contributed by atoms with Gasteiger partial charge in [-0.05, 0) is 26.0 Å². The summed E-state index contributed by atoms with van der Waals surface area (Å²) >= 11 is 1.69. The van der Waals surface area contributed by atoms with Gasteiger partial charge in [0, 0.05) is 44.1 Å². The fourth-order valence-electron chi connectivity index (χ4n) is 2.50. The number of fused-ring (bicyclic) bond motifs is 1. The predicted octanol–water partition coefficient (Wildman–Crippen LogP) is 2.45. The van der Waals surface area contributed by atoms with Crippen LogP contribution in [0.1, 0.15) is 23.4 Å². The second-order valence-electron chi connectivity index (χ2n) is 5.59. The quantitative estimate of drug-likeness (QED) is 0.306. The van der Waals surface area contributed by atoms with E-state index in [0.717, 1.165) is 54.1 Å². The lowest BCUT2D eigenvalue weighted by molar-refractivity contribution is 0.779. The SMILES string of the molecule is CCNC(=NCCc1nnc2ccccn12)NCCc1csc(C)n1.I. The molecule has 2 N–H and O–H groups in total. The first-order valence-electron chi connectivity index (χ1n) is 8.48. The summed E-state index contributed by atoms with van der Waals surface area (Å²) in [7, 11) is 0. The Balaban J connectivity index is 0.00000243. The van der Waals surface area contributed by atoms with E-state index in [1.165, 1.54) is 0 Å². The van der Waals surface area contributed by atoms with Gasteiger partial charge in [-0.15, -0.1) is 45.5 Å². The Labute approximate surface area is 174 Å². The molecule has 3 rings (SSSR count). The topological polar surface area (TPSA) is 79.5 Å². The number of nitrogens with zero attached hydrogens (tertiary/aromatic N) is 5. The van der Waals surface area contributed by atoms with Crippen LogP contribution in [0.15, 0.2) is 34.8 Å². The molecule has 9 heteroatoms. The Morgan fingerprint density at radius 2 is 2.12 bits per heavy atom. The Morgan fingerprint density at radius 1 is 1.23 bits per heavy atom. The molecule has 3 heterocycles. The molecule has 0 aliphatic heterocycles. The minimum Gasteiger partial charge on any atom is -0.357 e. The lowest BCUT2D eigenvalue weighted by Crippen LogP contribution is -2.38. The Hall–Kier alpha value is -1.75. The van der Waals surface area contributed by atoms with Gasteiger partial charge in [-0.2, -0.15) is 0 Å². The number of hydrogen-bond donors (Lipinski definition) is 2. The number of aromatic nitrogens is 4. The molecule has 7 nitrogen and oxygen atoms in total. The molecule has 0 saturated carbocycles. The monoisotopic (exact) mass is 485 g/mol. The third kappa shape index (κ3) is 5.63. The maximum atomic E-state index is 4.63. The molecule has 0 bridgehead atoms. The van der Waals surface area contributed by atoms with E-state index in [4.69, 9.17) is 0 Å². The zero-order valence-corrected chi connectivity index (χ0v) is 18.1. The molecule has 0 fully saturated rings. The van der Waals surface area contributed by atoms with Crippen LogP contribution >= 0.6 is 35.3 Å². The van der Waals surface area contributed by atoms with Gasteiger partial charge in [-0.3, -0.25) is 9.39 Å². The van der Waals surface area contributed by atoms with Gasteiger partial charge in [0.05, 0.1) is 10.7 Å². The average molecular weight is 485 g/mol. The Kier molecular flexibility index (Phi) is 8.23. The largest absolute Gasteiger partial charge is 0.357 e. The second kappa shape index (κ2) is 10.4. The van der Waals surface area contributed by atoms with Crippen molar-refractivity contribution in [3.63, 3.8) is 0 Å². The summed E-state index contributed by atoms with van der Waals surface area (Å²) < 4.78 is 2.00. The minimum atomic E-state index is 0. The van der Waals surface area contributed by atoms with Gasteiger partial charge >= 0.3 is 0 Å². The van der Waals surface area contributed by atoms with Crippen LogP contribution in [0.4, 0.5) is 0 Å². The third-order valence-electron chi connectivity index (χ3n) is 3.67. The number of aliphatic imine (C=N–C) groups is 1. The standard InChI is InChI=1S/C17H23N7S.HI/c1-3-18-17(19-9-7-14-12-25-13(2)21-14)20-10-8-16-23-22-15-6-4-5-11-24(15)16;/h4-6,11-12H,3,7-10H2,1-2H3,(H2,18,19,20);1H. The number of nitrogens with one attached hydrogen (secondary N) is 2. The van der Waals surface area contributed by atoms with Gasteiger partial charge in [0.15, 0.2) is 11.6 Å². The van der Waals surface area contributed by atoms with Crippen molar-refractivity contribution in [1.29, 1.82) is 0 Å². The van der Waals surface area contributed by atoms with Gasteiger partial charge in [0.2, 0.25) is 0 Å². The lowest BCUT2D eigenvalue weighted by atomic mass is 10.3. The van der Waals surface area contributed by atoms with Gasteiger partial charge in [-0.25, -0.2) is 4.98 Å². The van der Waals surface area contributed by atoms with Crippen LogP contribution < -0.4 is 10.6 Å². The maximum Gasteiger partial charge on any atom is 0.191 e. The molecule has 3 aromatic rings. The van der Waals surface area contributed by atoms with Crippen molar-refractivity contribution < 1.29 is 0 Å². The van der Waals surface area contributed by atoms with E-state index >= 15 is 0 Å². The number of hydrogen-bond acceptors (Lipinski definition) is 5. The molecule has 0 amide bonds. The molecule has 0 spiro atoms. The van der Waals surface area contributed by atoms with Crippen LogP contribution in [0, 0.1) is 6.92 Å². The molecule has 26 heavy (non-hydrogen) atoms. The number of guanidine groups is 1. The molecule has 0 aliphatic carbocycles. The molecule has 140 valence electrons. The van der Waals surface area contributed by atoms with Gasteiger partial charge in [-0.1, -0.05) is 6.07 Å². The van der Waals surface area contributed by atoms with Gasteiger partial charge < -0.3 is 10.6 Å². The zero-order valence-electron chi connectivity index (χ0n) is 15.0. The highest BCUT2D eigenvalue weighted by atomic mass is 127. The van der Waals surface area contributed by atoms with E-state index < -0.39 is 0 Å². The number of aryl methyl sites for hydroxylation is 1. The summed E-state index contributed by atoms with van der Waals surface area (Å²) in [5, 5.41) is 18.2. The lowest BCUT2D eigenvalue weighted by Gasteiger charge is -2.10. The van der Waals surface area contributed by atoms with Crippen molar-refractivity contribution in [2.45, 2.75) is 26.7 Å². The van der Waals surface area contributed by atoms with E-state index in [2.05, 4.69) is 43.1 Å². The molecular formula is C17H24IN7S. The van der Waals surface area contributed by atoms with Crippen LogP contribution in [-0.4, -0.2) is 45.2 Å². The van der Waals surface area contributed by atoms with E-state index in [1.807, 2.05) is 35.7 Å². The van der Waals surface area contributed by atoms with Crippen molar-refractivity contribution in [3.05, 3.63) is 46.3 Å². The van der Waals surface area contributed by atoms with Crippen molar-refractivity contribution in [2.24, 2.45) is 4.99 Å². The summed E-state index contributed by atoms with van der Waals surface area (Å²) in [4.78, 5) is 9.11. The summed E-state index contributed by atoms with van der Waals surface area (Å²) in [5.41, 5.74) is 1.99. The van der Waals surface area contributed by atoms with Crippen molar-refractivity contribution in [1.82, 2.24) is 30.2 Å². The van der Waals surface area contributed by atoms with Crippen LogP contribution in [-0.2, 0) is 12.8 Å². The maximum absolute atomic E-state index is 4.63. The molecule has 0 radical (unpaired) electrons. The molecule has 0 aliphatic rings. The van der Waals surface area contributed by atoms with Gasteiger partial charge in [0.1, 0.15) is 5.82 Å². The Bertz CT molecular complexity index is 842. The first-order valence-corrected chi connectivity index (χ1v) is 9.36. The van der Waals surface area contributed by atoms with Crippen molar-refractivity contribution >= 4 is 46.9 Å². The molecule has 0 saturated heterocycles. The van der Waals surface area contributed by atoms with E-state index in [9.17, 15) is 0 Å². The second-order valence-corrected chi connectivity index (χ2v) is 6.65. The Morgan fingerprint density at radius 3 is 2.88 bits per heavy atom. The predicted molar refractivity (Wildman–Crippen MR) is 117 cm³/mol. The van der Waals surface area contributed by atoms with E-state index in [0.29, 0.717) is 6.54 Å². The minimum absolute atomic E-state index is 0. The van der Waals surface area contributed by atoms with E-state index in [-0.39, 0.29) is 24.0 Å². The van der Waals surface area contributed by atoms with E-state index in [1.54, 1.807) is 11.3 Å². The smallest absolute Gasteiger partial charge is 0.191 e. The summed E-state index contributed by atoms with van der Waals surface area (Å²) in [6, 6.07) is 5.89. The van der Waals surface area contributed by atoms with Crippen molar-refractivity contribution in [2.75, 3.05) is 19.6 Å². The van der Waals surface area contributed by atoms with Gasteiger partial charge in [0.25, 0.3) is 0 Å². The summed E-state index contributed by atoms with van der Waals surface area (Å²) in [6.07, 6.45) is 3.62. The summed E-state index contributed by atoms with van der Waals surface area (Å²) in [5.74, 6) is 1.75. The summed E-state index contributed by atoms with van der Waals surface area (Å²) in [6.45, 7) is 6.38. The van der Waals surface area contributed by atoms with Crippen LogP contribution in [0.25, 0.3) is 5.65 Å². The first kappa shape index (κ1) is 20.6. The number of thiazole rings is 1. The van der Waals surface area contributed by atoms with Crippen LogP contribution in [0.5, 0.6) is 0 Å². The fraction of sp³-hybridized carbons (Fsp3) is 0.412. The molecule has 0 aromatic carbocycles. The number of halogens is 1. The van der Waals surface area contributed by atoms with Crippen LogP contribution in [0.3, 0.4) is 0 Å². The zero-order chi connectivity index (χ0) is 17.5. The normalized spacial score (nSPS) is 11.4. The third-order valence-corrected chi connectivity index (χ3v) is 4.50. The average Bonchev–Trinajstić information content (AvgIpc) is 3.21. The number of rotatable bonds is 7. The molecule has 0 unspecified atom stereocenters.